The molecule has 1 saturated heterocycles. The van der Waals surface area contributed by atoms with E-state index >= 15 is 0 Å². The van der Waals surface area contributed by atoms with Crippen LogP contribution in [0, 0.1) is 11.7 Å². The Kier molecular flexibility index (Phi) is 3.56. The molecule has 86 valence electrons. The standard InChI is InChI=1S/C11H12BrFN2O/c12-10-3-8(13)1-2-9(10)11(16)15-6-7-4-14-5-7/h1-3,7,14H,4-6H2,(H,15,16). The first-order chi connectivity index (χ1) is 7.66. The van der Waals surface area contributed by atoms with Crippen LogP contribution in [-0.2, 0) is 0 Å². The molecule has 0 aromatic heterocycles. The molecule has 1 aliphatic heterocycles. The third-order valence-corrected chi connectivity index (χ3v) is 3.25. The summed E-state index contributed by atoms with van der Waals surface area (Å²) in [6, 6.07) is 4.05. The molecule has 0 spiro atoms. The molecular formula is C11H12BrFN2O. The maximum Gasteiger partial charge on any atom is 0.252 e. The van der Waals surface area contributed by atoms with Crippen molar-refractivity contribution in [3.8, 4) is 0 Å². The first-order valence-corrected chi connectivity index (χ1v) is 5.90. The summed E-state index contributed by atoms with van der Waals surface area (Å²) >= 11 is 3.17. The molecule has 16 heavy (non-hydrogen) atoms. The summed E-state index contributed by atoms with van der Waals surface area (Å²) in [5.41, 5.74) is 0.466. The van der Waals surface area contributed by atoms with Gasteiger partial charge >= 0.3 is 0 Å². The van der Waals surface area contributed by atoms with E-state index in [0.717, 1.165) is 13.1 Å². The zero-order chi connectivity index (χ0) is 11.5. The highest BCUT2D eigenvalue weighted by atomic mass is 79.9. The van der Waals surface area contributed by atoms with E-state index < -0.39 is 0 Å². The summed E-state index contributed by atoms with van der Waals surface area (Å²) in [5.74, 6) is -0.00596. The van der Waals surface area contributed by atoms with Gasteiger partial charge in [0.25, 0.3) is 5.91 Å². The molecule has 0 radical (unpaired) electrons. The lowest BCUT2D eigenvalue weighted by Gasteiger charge is -2.27. The quantitative estimate of drug-likeness (QED) is 0.885. The molecule has 5 heteroatoms. The average molecular weight is 287 g/mol. The lowest BCUT2D eigenvalue weighted by Crippen LogP contribution is -2.48. The third-order valence-electron chi connectivity index (χ3n) is 2.59. The normalized spacial score (nSPS) is 15.6. The highest BCUT2D eigenvalue weighted by Gasteiger charge is 2.18. The van der Waals surface area contributed by atoms with E-state index in [1.54, 1.807) is 0 Å². The second-order valence-corrected chi connectivity index (χ2v) is 4.71. The maximum atomic E-state index is 12.8. The Labute approximate surface area is 102 Å². The van der Waals surface area contributed by atoms with Gasteiger partial charge < -0.3 is 10.6 Å². The molecule has 0 bridgehead atoms. The van der Waals surface area contributed by atoms with Crippen LogP contribution < -0.4 is 10.6 Å². The Morgan fingerprint density at radius 2 is 2.31 bits per heavy atom. The second-order valence-electron chi connectivity index (χ2n) is 3.86. The molecule has 0 unspecified atom stereocenters. The number of nitrogens with one attached hydrogen (secondary N) is 2. The molecule has 2 N–H and O–H groups in total. The molecule has 1 aliphatic rings. The summed E-state index contributed by atoms with van der Waals surface area (Å²) in [7, 11) is 0. The number of halogens is 2. The Morgan fingerprint density at radius 3 is 2.88 bits per heavy atom. The van der Waals surface area contributed by atoms with E-state index in [-0.39, 0.29) is 11.7 Å². The van der Waals surface area contributed by atoms with Crippen molar-refractivity contribution in [3.63, 3.8) is 0 Å². The van der Waals surface area contributed by atoms with Crippen LogP contribution in [0.5, 0.6) is 0 Å². The van der Waals surface area contributed by atoms with E-state index in [9.17, 15) is 9.18 Å². The van der Waals surface area contributed by atoms with Crippen LogP contribution in [0.1, 0.15) is 10.4 Å². The van der Waals surface area contributed by atoms with Gasteiger partial charge in [0, 0.05) is 30.0 Å². The van der Waals surface area contributed by atoms with Crippen molar-refractivity contribution in [1.29, 1.82) is 0 Å². The number of carbonyl (C=O) groups excluding carboxylic acids is 1. The topological polar surface area (TPSA) is 41.1 Å². The summed E-state index contributed by atoms with van der Waals surface area (Å²) in [6.45, 7) is 2.56. The van der Waals surface area contributed by atoms with Gasteiger partial charge in [0.05, 0.1) is 5.56 Å². The maximum absolute atomic E-state index is 12.8. The van der Waals surface area contributed by atoms with E-state index in [1.165, 1.54) is 18.2 Å². The predicted octanol–water partition coefficient (Wildman–Crippen LogP) is 1.54. The Morgan fingerprint density at radius 1 is 1.56 bits per heavy atom. The molecular weight excluding hydrogens is 275 g/mol. The van der Waals surface area contributed by atoms with Crippen LogP contribution in [0.3, 0.4) is 0 Å². The smallest absolute Gasteiger partial charge is 0.252 e. The number of amides is 1. The second kappa shape index (κ2) is 4.93. The molecule has 1 heterocycles. The summed E-state index contributed by atoms with van der Waals surface area (Å²) < 4.78 is 13.3. The predicted molar refractivity (Wildman–Crippen MR) is 62.8 cm³/mol. The van der Waals surface area contributed by atoms with Gasteiger partial charge in [0.2, 0.25) is 0 Å². The fourth-order valence-corrected chi connectivity index (χ4v) is 2.03. The third kappa shape index (κ3) is 2.59. The number of carbonyl (C=O) groups is 1. The number of rotatable bonds is 3. The molecule has 2 rings (SSSR count). The summed E-state index contributed by atoms with van der Waals surface area (Å²) in [6.07, 6.45) is 0. The lowest BCUT2D eigenvalue weighted by molar-refractivity contribution is 0.0941. The minimum atomic E-state index is -0.355. The minimum Gasteiger partial charge on any atom is -0.352 e. The van der Waals surface area contributed by atoms with Gasteiger partial charge in [-0.15, -0.1) is 0 Å². The molecule has 1 aromatic rings. The van der Waals surface area contributed by atoms with Crippen molar-refractivity contribution in [1.82, 2.24) is 10.6 Å². The summed E-state index contributed by atoms with van der Waals surface area (Å²) in [4.78, 5) is 11.7. The van der Waals surface area contributed by atoms with Gasteiger partial charge in [-0.25, -0.2) is 4.39 Å². The first-order valence-electron chi connectivity index (χ1n) is 5.11. The van der Waals surface area contributed by atoms with Crippen molar-refractivity contribution in [2.75, 3.05) is 19.6 Å². The molecule has 1 aromatic carbocycles. The van der Waals surface area contributed by atoms with Gasteiger partial charge in [-0.05, 0) is 34.1 Å². The van der Waals surface area contributed by atoms with Crippen LogP contribution >= 0.6 is 15.9 Å². The van der Waals surface area contributed by atoms with Crippen molar-refractivity contribution < 1.29 is 9.18 Å². The SMILES string of the molecule is O=C(NCC1CNC1)c1ccc(F)cc1Br. The van der Waals surface area contributed by atoms with Crippen molar-refractivity contribution in [2.24, 2.45) is 5.92 Å². The zero-order valence-electron chi connectivity index (χ0n) is 8.59. The Bertz CT molecular complexity index is 407. The molecule has 0 atom stereocenters. The average Bonchev–Trinajstić information content (AvgIpc) is 2.14. The molecule has 1 fully saturated rings. The number of benzene rings is 1. The molecule has 3 nitrogen and oxygen atoms in total. The van der Waals surface area contributed by atoms with Crippen LogP contribution in [0.4, 0.5) is 4.39 Å². The van der Waals surface area contributed by atoms with Gasteiger partial charge in [0.15, 0.2) is 0 Å². The van der Waals surface area contributed by atoms with Crippen molar-refractivity contribution >= 4 is 21.8 Å². The van der Waals surface area contributed by atoms with Crippen LogP contribution in [0.25, 0.3) is 0 Å². The number of hydrogen-bond acceptors (Lipinski definition) is 2. The highest BCUT2D eigenvalue weighted by molar-refractivity contribution is 9.10. The van der Waals surface area contributed by atoms with Crippen molar-refractivity contribution in [3.05, 3.63) is 34.1 Å². The molecule has 0 saturated carbocycles. The van der Waals surface area contributed by atoms with E-state index in [4.69, 9.17) is 0 Å². The van der Waals surface area contributed by atoms with Gasteiger partial charge in [-0.3, -0.25) is 4.79 Å². The highest BCUT2D eigenvalue weighted by Crippen LogP contribution is 2.17. The molecule has 0 aliphatic carbocycles. The fourth-order valence-electron chi connectivity index (χ4n) is 1.50. The van der Waals surface area contributed by atoms with Gasteiger partial charge in [-0.2, -0.15) is 0 Å². The van der Waals surface area contributed by atoms with Crippen LogP contribution in [0.15, 0.2) is 22.7 Å². The number of hydrogen-bond donors (Lipinski definition) is 2. The summed E-state index contributed by atoms with van der Waals surface area (Å²) in [5, 5.41) is 5.96. The Hall–Kier alpha value is -0.940. The lowest BCUT2D eigenvalue weighted by atomic mass is 10.0. The van der Waals surface area contributed by atoms with Crippen LogP contribution in [-0.4, -0.2) is 25.5 Å². The fraction of sp³-hybridized carbons (Fsp3) is 0.364. The Balaban J connectivity index is 1.96. The van der Waals surface area contributed by atoms with E-state index in [2.05, 4.69) is 26.6 Å². The largest absolute Gasteiger partial charge is 0.352 e. The first kappa shape index (κ1) is 11.5. The monoisotopic (exact) mass is 286 g/mol. The molecule has 1 amide bonds. The van der Waals surface area contributed by atoms with Crippen molar-refractivity contribution in [2.45, 2.75) is 0 Å². The van der Waals surface area contributed by atoms with E-state index in [1.807, 2.05) is 0 Å². The van der Waals surface area contributed by atoms with Gasteiger partial charge in [0.1, 0.15) is 5.82 Å². The van der Waals surface area contributed by atoms with Gasteiger partial charge in [-0.1, -0.05) is 0 Å². The van der Waals surface area contributed by atoms with E-state index in [0.29, 0.717) is 22.5 Å². The van der Waals surface area contributed by atoms with Crippen LogP contribution in [0.2, 0.25) is 0 Å². The zero-order valence-corrected chi connectivity index (χ0v) is 10.2. The minimum absolute atomic E-state index is 0.168.